The first kappa shape index (κ1) is 14.8. The molecular formula is C12H20NO5-. The Labute approximate surface area is 107 Å². The fraction of sp³-hybridized carbons (Fsp3) is 0.833. The highest BCUT2D eigenvalue weighted by atomic mass is 16.6. The fourth-order valence-corrected chi connectivity index (χ4v) is 2.04. The SMILES string of the molecule is CC(C)(C)OC(=O)N1C[C@@H](O)C(C)(C)[C@H]1C(=O)[O-]. The van der Waals surface area contributed by atoms with Gasteiger partial charge in [0.15, 0.2) is 0 Å². The van der Waals surface area contributed by atoms with Crippen molar-refractivity contribution >= 4 is 12.1 Å². The highest BCUT2D eigenvalue weighted by Crippen LogP contribution is 2.36. The molecule has 6 nitrogen and oxygen atoms in total. The first-order valence-corrected chi connectivity index (χ1v) is 5.85. The van der Waals surface area contributed by atoms with Gasteiger partial charge in [-0.1, -0.05) is 13.8 Å². The number of likely N-dealkylation sites (tertiary alicyclic amines) is 1. The maximum atomic E-state index is 11.9. The summed E-state index contributed by atoms with van der Waals surface area (Å²) in [5, 5.41) is 21.0. The van der Waals surface area contributed by atoms with Crippen molar-refractivity contribution in [1.29, 1.82) is 0 Å². The van der Waals surface area contributed by atoms with Gasteiger partial charge >= 0.3 is 6.09 Å². The van der Waals surface area contributed by atoms with E-state index >= 15 is 0 Å². The first-order chi connectivity index (χ1) is 7.97. The Morgan fingerprint density at radius 2 is 1.89 bits per heavy atom. The van der Waals surface area contributed by atoms with E-state index in [0.29, 0.717) is 0 Å². The van der Waals surface area contributed by atoms with Gasteiger partial charge in [-0.2, -0.15) is 0 Å². The van der Waals surface area contributed by atoms with E-state index < -0.39 is 35.2 Å². The second-order valence-corrected chi connectivity index (χ2v) is 6.19. The maximum absolute atomic E-state index is 11.9. The molecule has 0 saturated carbocycles. The van der Waals surface area contributed by atoms with Crippen molar-refractivity contribution in [2.24, 2.45) is 5.41 Å². The summed E-state index contributed by atoms with van der Waals surface area (Å²) in [6, 6.07) is -1.19. The molecule has 1 N–H and O–H groups in total. The van der Waals surface area contributed by atoms with Crippen LogP contribution in [0.2, 0.25) is 0 Å². The number of amides is 1. The van der Waals surface area contributed by atoms with Crippen LogP contribution >= 0.6 is 0 Å². The van der Waals surface area contributed by atoms with Crippen molar-refractivity contribution in [3.63, 3.8) is 0 Å². The van der Waals surface area contributed by atoms with E-state index in [0.717, 1.165) is 4.90 Å². The van der Waals surface area contributed by atoms with Gasteiger partial charge in [-0.25, -0.2) is 4.79 Å². The number of carbonyl (C=O) groups excluding carboxylic acids is 2. The minimum absolute atomic E-state index is 0.0689. The quantitative estimate of drug-likeness (QED) is 0.700. The Balaban J connectivity index is 2.96. The zero-order valence-electron chi connectivity index (χ0n) is 11.4. The lowest BCUT2D eigenvalue weighted by atomic mass is 9.82. The number of carboxylic acids is 1. The van der Waals surface area contributed by atoms with Crippen molar-refractivity contribution in [1.82, 2.24) is 4.90 Å². The van der Waals surface area contributed by atoms with E-state index in [1.54, 1.807) is 34.6 Å². The highest BCUT2D eigenvalue weighted by molar-refractivity contribution is 5.81. The molecule has 1 aliphatic rings. The molecule has 1 saturated heterocycles. The van der Waals surface area contributed by atoms with Crippen LogP contribution in [0.15, 0.2) is 0 Å². The lowest BCUT2D eigenvalue weighted by Crippen LogP contribution is -2.53. The second kappa shape index (κ2) is 4.42. The molecule has 0 radical (unpaired) electrons. The molecule has 0 aromatic carbocycles. The third kappa shape index (κ3) is 2.75. The number of rotatable bonds is 1. The zero-order chi connectivity index (χ0) is 14.3. The molecular weight excluding hydrogens is 238 g/mol. The van der Waals surface area contributed by atoms with Gasteiger partial charge in [-0.15, -0.1) is 0 Å². The van der Waals surface area contributed by atoms with Crippen LogP contribution in [0.3, 0.4) is 0 Å². The molecule has 0 aliphatic carbocycles. The van der Waals surface area contributed by atoms with Gasteiger partial charge in [0.1, 0.15) is 5.60 Å². The van der Waals surface area contributed by atoms with Crippen LogP contribution in [0.1, 0.15) is 34.6 Å². The number of ether oxygens (including phenoxy) is 1. The Bertz CT molecular complexity index is 358. The van der Waals surface area contributed by atoms with Crippen LogP contribution in [0.5, 0.6) is 0 Å². The van der Waals surface area contributed by atoms with Gasteiger partial charge in [0.2, 0.25) is 0 Å². The summed E-state index contributed by atoms with van der Waals surface area (Å²) >= 11 is 0. The Hall–Kier alpha value is -1.30. The van der Waals surface area contributed by atoms with Gasteiger partial charge < -0.3 is 19.7 Å². The van der Waals surface area contributed by atoms with Crippen LogP contribution in [0.25, 0.3) is 0 Å². The van der Waals surface area contributed by atoms with Crippen molar-refractivity contribution in [2.45, 2.75) is 52.4 Å². The number of hydrogen-bond acceptors (Lipinski definition) is 5. The molecule has 1 fully saturated rings. The number of aliphatic carboxylic acids is 1. The molecule has 0 bridgehead atoms. The van der Waals surface area contributed by atoms with Crippen LogP contribution < -0.4 is 5.11 Å². The minimum Gasteiger partial charge on any atom is -0.548 e. The molecule has 0 unspecified atom stereocenters. The third-order valence-corrected chi connectivity index (χ3v) is 3.10. The molecule has 18 heavy (non-hydrogen) atoms. The van der Waals surface area contributed by atoms with Crippen molar-refractivity contribution < 1.29 is 24.5 Å². The number of aliphatic hydroxyl groups is 1. The van der Waals surface area contributed by atoms with E-state index in [1.807, 2.05) is 0 Å². The average Bonchev–Trinajstić information content (AvgIpc) is 2.35. The number of β-amino-alcohol motifs (C(OH)–C–C–N with tert-alkyl or cyclic N) is 1. The summed E-state index contributed by atoms with van der Waals surface area (Å²) in [4.78, 5) is 24.1. The van der Waals surface area contributed by atoms with Crippen molar-refractivity contribution in [2.75, 3.05) is 6.54 Å². The highest BCUT2D eigenvalue weighted by Gasteiger charge is 2.50. The Morgan fingerprint density at radius 3 is 2.28 bits per heavy atom. The second-order valence-electron chi connectivity index (χ2n) is 6.19. The van der Waals surface area contributed by atoms with Gasteiger partial charge in [0.05, 0.1) is 24.7 Å². The van der Waals surface area contributed by atoms with Crippen LogP contribution in [0, 0.1) is 5.41 Å². The smallest absolute Gasteiger partial charge is 0.410 e. The van der Waals surface area contributed by atoms with E-state index in [-0.39, 0.29) is 6.54 Å². The minimum atomic E-state index is -1.39. The molecule has 0 aromatic rings. The number of carboxylic acid groups (broad SMARTS) is 1. The van der Waals surface area contributed by atoms with Gasteiger partial charge in [-0.3, -0.25) is 4.90 Å². The van der Waals surface area contributed by atoms with Crippen molar-refractivity contribution in [3.05, 3.63) is 0 Å². The topological polar surface area (TPSA) is 89.9 Å². The molecule has 104 valence electrons. The molecule has 0 aromatic heterocycles. The van der Waals surface area contributed by atoms with E-state index in [2.05, 4.69) is 0 Å². The molecule has 1 aliphatic heterocycles. The summed E-state index contributed by atoms with van der Waals surface area (Å²) in [6.07, 6.45) is -1.67. The first-order valence-electron chi connectivity index (χ1n) is 5.85. The summed E-state index contributed by atoms with van der Waals surface area (Å²) in [5.41, 5.74) is -1.68. The van der Waals surface area contributed by atoms with Crippen LogP contribution in [-0.2, 0) is 9.53 Å². The summed E-state index contributed by atoms with van der Waals surface area (Å²) in [6.45, 7) is 8.18. The summed E-state index contributed by atoms with van der Waals surface area (Å²) in [7, 11) is 0. The summed E-state index contributed by atoms with van der Waals surface area (Å²) in [5.74, 6) is -1.39. The standard InChI is InChI=1S/C12H21NO5/c1-11(2,3)18-10(17)13-6-7(14)12(4,5)8(13)9(15)16/h7-8,14H,6H2,1-5H3,(H,15,16)/p-1/t7-,8-/m1/s1. The lowest BCUT2D eigenvalue weighted by Gasteiger charge is -2.34. The average molecular weight is 258 g/mol. The summed E-state index contributed by atoms with van der Waals surface area (Å²) < 4.78 is 5.13. The third-order valence-electron chi connectivity index (χ3n) is 3.10. The number of hydrogen-bond donors (Lipinski definition) is 1. The maximum Gasteiger partial charge on any atom is 0.410 e. The van der Waals surface area contributed by atoms with Gasteiger partial charge in [-0.05, 0) is 20.8 Å². The predicted molar refractivity (Wildman–Crippen MR) is 61.5 cm³/mol. The number of nitrogens with zero attached hydrogens (tertiary/aromatic N) is 1. The van der Waals surface area contributed by atoms with Crippen LogP contribution in [0.4, 0.5) is 4.79 Å². The normalized spacial score (nSPS) is 27.1. The van der Waals surface area contributed by atoms with E-state index in [4.69, 9.17) is 4.74 Å². The molecule has 1 rings (SSSR count). The molecule has 1 heterocycles. The lowest BCUT2D eigenvalue weighted by molar-refractivity contribution is -0.313. The van der Waals surface area contributed by atoms with Crippen molar-refractivity contribution in [3.8, 4) is 0 Å². The molecule has 2 atom stereocenters. The Kier molecular flexibility index (Phi) is 3.63. The number of carbonyl (C=O) groups is 2. The monoisotopic (exact) mass is 258 g/mol. The van der Waals surface area contributed by atoms with Gasteiger partial charge in [0, 0.05) is 5.41 Å². The van der Waals surface area contributed by atoms with Crippen LogP contribution in [-0.4, -0.2) is 46.4 Å². The zero-order valence-corrected chi connectivity index (χ0v) is 11.4. The molecule has 6 heteroatoms. The van der Waals surface area contributed by atoms with Gasteiger partial charge in [0.25, 0.3) is 0 Å². The Morgan fingerprint density at radius 1 is 1.39 bits per heavy atom. The molecule has 0 spiro atoms. The van der Waals surface area contributed by atoms with E-state index in [9.17, 15) is 19.8 Å². The fourth-order valence-electron chi connectivity index (χ4n) is 2.04. The predicted octanol–water partition coefficient (Wildman–Crippen LogP) is -0.257. The van der Waals surface area contributed by atoms with E-state index in [1.165, 1.54) is 0 Å². The molecule has 1 amide bonds. The largest absolute Gasteiger partial charge is 0.548 e. The number of aliphatic hydroxyl groups excluding tert-OH is 1.